The molecule has 1 aliphatic carbocycles. The zero-order valence-corrected chi connectivity index (χ0v) is 12.9. The van der Waals surface area contributed by atoms with Gasteiger partial charge in [-0.05, 0) is 36.6 Å². The highest BCUT2D eigenvalue weighted by Gasteiger charge is 2.42. The van der Waals surface area contributed by atoms with Crippen LogP contribution in [0, 0.1) is 0 Å². The highest BCUT2D eigenvalue weighted by atomic mass is 35.5. The van der Waals surface area contributed by atoms with E-state index >= 15 is 0 Å². The van der Waals surface area contributed by atoms with E-state index < -0.39 is 5.41 Å². The second-order valence-corrected chi connectivity index (χ2v) is 6.21. The predicted molar refractivity (Wildman–Crippen MR) is 88.3 cm³/mol. The van der Waals surface area contributed by atoms with Crippen molar-refractivity contribution < 1.29 is 9.90 Å². The van der Waals surface area contributed by atoms with Crippen LogP contribution in [-0.4, -0.2) is 11.0 Å². The van der Waals surface area contributed by atoms with Crippen LogP contribution in [0.1, 0.15) is 31.2 Å². The number of carbonyl (C=O) groups is 1. The van der Waals surface area contributed by atoms with Gasteiger partial charge in [0.05, 0.1) is 11.1 Å². The Bertz CT molecular complexity index is 679. The number of carbonyl (C=O) groups excluding carboxylic acids is 1. The third-order valence-electron chi connectivity index (χ3n) is 4.42. The SMILES string of the molecule is O=C(Nc1cc(Cl)ccc1O)C1(c2ccccc2)CCCC1. The van der Waals surface area contributed by atoms with Crippen LogP contribution in [0.5, 0.6) is 5.75 Å². The van der Waals surface area contributed by atoms with Crippen LogP contribution in [0.25, 0.3) is 0 Å². The highest BCUT2D eigenvalue weighted by Crippen LogP contribution is 2.42. The number of aromatic hydroxyl groups is 1. The maximum Gasteiger partial charge on any atom is 0.235 e. The Morgan fingerprint density at radius 2 is 1.77 bits per heavy atom. The summed E-state index contributed by atoms with van der Waals surface area (Å²) in [7, 11) is 0. The number of hydrogen-bond acceptors (Lipinski definition) is 2. The first kappa shape index (κ1) is 14.9. The first-order chi connectivity index (χ1) is 10.6. The van der Waals surface area contributed by atoms with E-state index in [1.165, 1.54) is 6.07 Å². The van der Waals surface area contributed by atoms with E-state index in [9.17, 15) is 9.90 Å². The second-order valence-electron chi connectivity index (χ2n) is 5.77. The van der Waals surface area contributed by atoms with E-state index in [4.69, 9.17) is 11.6 Å². The zero-order chi connectivity index (χ0) is 15.6. The average molecular weight is 316 g/mol. The minimum absolute atomic E-state index is 0.0268. The highest BCUT2D eigenvalue weighted by molar-refractivity contribution is 6.31. The van der Waals surface area contributed by atoms with Crippen LogP contribution in [0.2, 0.25) is 5.02 Å². The summed E-state index contributed by atoms with van der Waals surface area (Å²) in [5.74, 6) is -0.0484. The van der Waals surface area contributed by atoms with Gasteiger partial charge in [-0.15, -0.1) is 0 Å². The van der Waals surface area contributed by atoms with E-state index in [1.54, 1.807) is 12.1 Å². The molecule has 1 fully saturated rings. The number of benzene rings is 2. The van der Waals surface area contributed by atoms with Crippen LogP contribution in [0.15, 0.2) is 48.5 Å². The molecular weight excluding hydrogens is 298 g/mol. The third kappa shape index (κ3) is 2.69. The molecule has 2 aromatic rings. The quantitative estimate of drug-likeness (QED) is 0.819. The van der Waals surface area contributed by atoms with Crippen LogP contribution in [-0.2, 0) is 10.2 Å². The standard InChI is InChI=1S/C18H18ClNO2/c19-14-8-9-16(21)15(12-14)20-17(22)18(10-4-5-11-18)13-6-2-1-3-7-13/h1-3,6-9,12,21H,4-5,10-11H2,(H,20,22). The van der Waals surface area contributed by atoms with E-state index in [2.05, 4.69) is 5.32 Å². The maximum absolute atomic E-state index is 12.9. The maximum atomic E-state index is 12.9. The molecule has 1 saturated carbocycles. The first-order valence-corrected chi connectivity index (χ1v) is 7.85. The smallest absolute Gasteiger partial charge is 0.235 e. The molecule has 0 saturated heterocycles. The van der Waals surface area contributed by atoms with Crippen molar-refractivity contribution in [3.63, 3.8) is 0 Å². The monoisotopic (exact) mass is 315 g/mol. The van der Waals surface area contributed by atoms with Crippen molar-refractivity contribution in [1.29, 1.82) is 0 Å². The first-order valence-electron chi connectivity index (χ1n) is 7.47. The molecule has 1 aliphatic rings. The van der Waals surface area contributed by atoms with Gasteiger partial charge < -0.3 is 10.4 Å². The van der Waals surface area contributed by atoms with E-state index in [-0.39, 0.29) is 11.7 Å². The van der Waals surface area contributed by atoms with E-state index in [0.717, 1.165) is 31.2 Å². The van der Waals surface area contributed by atoms with Gasteiger partial charge in [-0.3, -0.25) is 4.79 Å². The molecule has 4 heteroatoms. The largest absolute Gasteiger partial charge is 0.506 e. The Kier molecular flexibility index (Phi) is 4.08. The molecule has 0 aliphatic heterocycles. The van der Waals surface area contributed by atoms with Crippen molar-refractivity contribution in [1.82, 2.24) is 0 Å². The Balaban J connectivity index is 1.93. The van der Waals surface area contributed by atoms with Gasteiger partial charge in [0.2, 0.25) is 5.91 Å². The molecule has 2 aromatic carbocycles. The molecule has 3 nitrogen and oxygen atoms in total. The Morgan fingerprint density at radius 1 is 1.09 bits per heavy atom. The summed E-state index contributed by atoms with van der Waals surface area (Å²) in [6.07, 6.45) is 3.71. The van der Waals surface area contributed by atoms with Gasteiger partial charge in [0, 0.05) is 5.02 Å². The van der Waals surface area contributed by atoms with Crippen molar-refractivity contribution in [3.8, 4) is 5.75 Å². The molecule has 0 unspecified atom stereocenters. The van der Waals surface area contributed by atoms with Gasteiger partial charge in [-0.25, -0.2) is 0 Å². The zero-order valence-electron chi connectivity index (χ0n) is 12.2. The van der Waals surface area contributed by atoms with Crippen molar-refractivity contribution in [3.05, 3.63) is 59.1 Å². The molecule has 0 atom stereocenters. The topological polar surface area (TPSA) is 49.3 Å². The third-order valence-corrected chi connectivity index (χ3v) is 4.66. The summed E-state index contributed by atoms with van der Waals surface area (Å²) in [6, 6.07) is 14.5. The Hall–Kier alpha value is -2.00. The molecule has 0 spiro atoms. The van der Waals surface area contributed by atoms with Gasteiger partial charge in [0.25, 0.3) is 0 Å². The minimum Gasteiger partial charge on any atom is -0.506 e. The second kappa shape index (κ2) is 6.01. The summed E-state index contributed by atoms with van der Waals surface area (Å²) in [4.78, 5) is 12.9. The van der Waals surface area contributed by atoms with Gasteiger partial charge >= 0.3 is 0 Å². The summed E-state index contributed by atoms with van der Waals surface area (Å²) in [5.41, 5.74) is 0.877. The molecule has 22 heavy (non-hydrogen) atoms. The van der Waals surface area contributed by atoms with Crippen molar-refractivity contribution >= 4 is 23.2 Å². The number of halogens is 1. The van der Waals surface area contributed by atoms with Crippen LogP contribution in [0.3, 0.4) is 0 Å². The fraction of sp³-hybridized carbons (Fsp3) is 0.278. The molecule has 0 heterocycles. The summed E-state index contributed by atoms with van der Waals surface area (Å²) >= 11 is 5.95. The van der Waals surface area contributed by atoms with Gasteiger partial charge in [-0.1, -0.05) is 54.8 Å². The number of nitrogens with one attached hydrogen (secondary N) is 1. The number of phenolic OH excluding ortho intramolecular Hbond substituents is 1. The summed E-state index contributed by atoms with van der Waals surface area (Å²) < 4.78 is 0. The summed E-state index contributed by atoms with van der Waals surface area (Å²) in [5, 5.41) is 13.2. The van der Waals surface area contributed by atoms with Gasteiger partial charge in [0.1, 0.15) is 5.75 Å². The normalized spacial score (nSPS) is 16.4. The van der Waals surface area contributed by atoms with Crippen molar-refractivity contribution in [2.24, 2.45) is 0 Å². The fourth-order valence-electron chi connectivity index (χ4n) is 3.23. The Morgan fingerprint density at radius 3 is 2.45 bits per heavy atom. The molecule has 0 aromatic heterocycles. The number of rotatable bonds is 3. The van der Waals surface area contributed by atoms with Gasteiger partial charge in [-0.2, -0.15) is 0 Å². The fourth-order valence-corrected chi connectivity index (χ4v) is 3.41. The molecule has 3 rings (SSSR count). The average Bonchev–Trinajstić information content (AvgIpc) is 3.03. The number of amides is 1. The molecule has 0 bridgehead atoms. The number of hydrogen-bond donors (Lipinski definition) is 2. The van der Waals surface area contributed by atoms with E-state index in [1.807, 2.05) is 30.3 Å². The number of phenols is 1. The minimum atomic E-state index is -0.518. The predicted octanol–water partition coefficient (Wildman–Crippen LogP) is 4.50. The number of anilines is 1. The van der Waals surface area contributed by atoms with Crippen LogP contribution in [0.4, 0.5) is 5.69 Å². The lowest BCUT2D eigenvalue weighted by Gasteiger charge is -2.28. The molecule has 2 N–H and O–H groups in total. The van der Waals surface area contributed by atoms with E-state index in [0.29, 0.717) is 10.7 Å². The lowest BCUT2D eigenvalue weighted by molar-refractivity contribution is -0.121. The van der Waals surface area contributed by atoms with Gasteiger partial charge in [0.15, 0.2) is 0 Å². The van der Waals surface area contributed by atoms with Crippen LogP contribution < -0.4 is 5.32 Å². The lowest BCUT2D eigenvalue weighted by atomic mass is 9.78. The molecule has 1 amide bonds. The van der Waals surface area contributed by atoms with Crippen LogP contribution >= 0.6 is 11.6 Å². The Labute approximate surface area is 134 Å². The van der Waals surface area contributed by atoms with Crippen molar-refractivity contribution in [2.45, 2.75) is 31.1 Å². The summed E-state index contributed by atoms with van der Waals surface area (Å²) in [6.45, 7) is 0. The molecule has 114 valence electrons. The molecule has 0 radical (unpaired) electrons. The van der Waals surface area contributed by atoms with Crippen molar-refractivity contribution in [2.75, 3.05) is 5.32 Å². The lowest BCUT2D eigenvalue weighted by Crippen LogP contribution is -2.37. The molecular formula is C18H18ClNO2.